The Hall–Kier alpha value is -2.11. The number of carbonyl (C=O) groups is 1. The third-order valence-corrected chi connectivity index (χ3v) is 3.15. The fourth-order valence-electron chi connectivity index (χ4n) is 2.25. The van der Waals surface area contributed by atoms with Crippen molar-refractivity contribution in [3.05, 3.63) is 33.9 Å². The Bertz CT molecular complexity index is 495. The number of carboxylic acids is 1. The number of rotatable bonds is 4. The molecule has 1 aliphatic rings. The quantitative estimate of drug-likeness (QED) is 0.650. The van der Waals surface area contributed by atoms with Gasteiger partial charge in [-0.3, -0.25) is 14.9 Å². The van der Waals surface area contributed by atoms with Gasteiger partial charge in [-0.2, -0.15) is 0 Å². The molecule has 0 atom stereocenters. The lowest BCUT2D eigenvalue weighted by atomic mass is 9.95. The highest BCUT2D eigenvalue weighted by Crippen LogP contribution is 2.31. The summed E-state index contributed by atoms with van der Waals surface area (Å²) in [6.07, 6.45) is 0.183. The summed E-state index contributed by atoms with van der Waals surface area (Å²) >= 11 is 0. The molecule has 1 fully saturated rings. The molecule has 0 unspecified atom stereocenters. The molecule has 6 heteroatoms. The van der Waals surface area contributed by atoms with E-state index < -0.39 is 10.9 Å². The van der Waals surface area contributed by atoms with Crippen molar-refractivity contribution in [3.63, 3.8) is 0 Å². The van der Waals surface area contributed by atoms with E-state index in [0.29, 0.717) is 13.1 Å². The molecule has 0 saturated carbocycles. The third kappa shape index (κ3) is 2.42. The zero-order valence-electron chi connectivity index (χ0n) is 10.00. The lowest BCUT2D eigenvalue weighted by Gasteiger charge is -2.41. The van der Waals surface area contributed by atoms with Crippen molar-refractivity contribution in [2.45, 2.75) is 13.3 Å². The first-order valence-electron chi connectivity index (χ1n) is 5.69. The fraction of sp³-hybridized carbons (Fsp3) is 0.417. The van der Waals surface area contributed by atoms with E-state index >= 15 is 0 Å². The van der Waals surface area contributed by atoms with Gasteiger partial charge >= 0.3 is 5.97 Å². The maximum Gasteiger partial charge on any atom is 0.303 e. The fourth-order valence-corrected chi connectivity index (χ4v) is 2.25. The van der Waals surface area contributed by atoms with E-state index in [9.17, 15) is 14.9 Å². The van der Waals surface area contributed by atoms with Gasteiger partial charge in [-0.1, -0.05) is 0 Å². The second-order valence-electron chi connectivity index (χ2n) is 4.60. The predicted molar refractivity (Wildman–Crippen MR) is 65.8 cm³/mol. The largest absolute Gasteiger partial charge is 0.481 e. The van der Waals surface area contributed by atoms with Gasteiger partial charge in [0.15, 0.2) is 0 Å². The summed E-state index contributed by atoms with van der Waals surface area (Å²) in [7, 11) is 0. The average Bonchev–Trinajstić information content (AvgIpc) is 2.23. The van der Waals surface area contributed by atoms with Crippen molar-refractivity contribution in [3.8, 4) is 0 Å². The van der Waals surface area contributed by atoms with Crippen LogP contribution in [0.1, 0.15) is 12.0 Å². The maximum atomic E-state index is 10.6. The number of aliphatic carboxylic acids is 1. The molecular formula is C12H14N2O4. The van der Waals surface area contributed by atoms with Crippen LogP contribution in [-0.2, 0) is 4.79 Å². The number of hydrogen-bond acceptors (Lipinski definition) is 4. The number of nitrogens with zero attached hydrogens (tertiary/aromatic N) is 2. The number of hydrogen-bond donors (Lipinski definition) is 1. The minimum atomic E-state index is -0.778. The number of anilines is 1. The molecule has 1 N–H and O–H groups in total. The average molecular weight is 250 g/mol. The van der Waals surface area contributed by atoms with Crippen LogP contribution in [0.3, 0.4) is 0 Å². The molecule has 1 aromatic carbocycles. The molecule has 18 heavy (non-hydrogen) atoms. The van der Waals surface area contributed by atoms with Crippen molar-refractivity contribution >= 4 is 17.3 Å². The molecule has 1 saturated heterocycles. The van der Waals surface area contributed by atoms with Gasteiger partial charge in [0.2, 0.25) is 0 Å². The molecule has 1 aromatic rings. The Kier molecular flexibility index (Phi) is 3.18. The number of nitro benzene ring substituents is 1. The highest BCUT2D eigenvalue weighted by molar-refractivity contribution is 5.68. The van der Waals surface area contributed by atoms with E-state index in [1.54, 1.807) is 12.1 Å². The van der Waals surface area contributed by atoms with Crippen molar-refractivity contribution < 1.29 is 14.8 Å². The van der Waals surface area contributed by atoms with Crippen LogP contribution in [0.4, 0.5) is 11.4 Å². The van der Waals surface area contributed by atoms with E-state index in [1.807, 2.05) is 11.8 Å². The predicted octanol–water partition coefficient (Wildman–Crippen LogP) is 1.81. The molecular weight excluding hydrogens is 236 g/mol. The van der Waals surface area contributed by atoms with Crippen LogP contribution in [0.25, 0.3) is 0 Å². The smallest absolute Gasteiger partial charge is 0.303 e. The zero-order chi connectivity index (χ0) is 13.3. The molecule has 0 amide bonds. The second-order valence-corrected chi connectivity index (χ2v) is 4.60. The van der Waals surface area contributed by atoms with Gasteiger partial charge in [0, 0.05) is 36.8 Å². The molecule has 0 spiro atoms. The summed E-state index contributed by atoms with van der Waals surface area (Å²) < 4.78 is 0. The molecule has 0 aromatic heterocycles. The summed E-state index contributed by atoms with van der Waals surface area (Å²) in [5, 5.41) is 19.3. The Morgan fingerprint density at radius 1 is 1.56 bits per heavy atom. The van der Waals surface area contributed by atoms with Gasteiger partial charge in [0.05, 0.1) is 11.3 Å². The van der Waals surface area contributed by atoms with Crippen molar-refractivity contribution in [1.29, 1.82) is 0 Å². The standard InChI is InChI=1S/C12H14N2O4/c1-8-4-10(14(17)18)2-3-11(8)13-6-9(7-13)5-12(15)16/h2-4,9H,5-7H2,1H3,(H,15,16). The summed E-state index contributed by atoms with van der Waals surface area (Å²) in [5.74, 6) is -0.600. The highest BCUT2D eigenvalue weighted by Gasteiger charge is 2.29. The van der Waals surface area contributed by atoms with Crippen LogP contribution in [0.2, 0.25) is 0 Å². The van der Waals surface area contributed by atoms with Crippen LogP contribution in [0.15, 0.2) is 18.2 Å². The molecule has 0 radical (unpaired) electrons. The minimum absolute atomic E-state index is 0.0823. The van der Waals surface area contributed by atoms with Gasteiger partial charge < -0.3 is 10.0 Å². The lowest BCUT2D eigenvalue weighted by molar-refractivity contribution is -0.384. The molecule has 0 bridgehead atoms. The molecule has 2 rings (SSSR count). The number of aryl methyl sites for hydroxylation is 1. The number of non-ortho nitro benzene ring substituents is 1. The van der Waals surface area contributed by atoms with Crippen LogP contribution < -0.4 is 4.90 Å². The highest BCUT2D eigenvalue weighted by atomic mass is 16.6. The van der Waals surface area contributed by atoms with E-state index in [1.165, 1.54) is 6.07 Å². The maximum absolute atomic E-state index is 10.6. The van der Waals surface area contributed by atoms with E-state index in [4.69, 9.17) is 5.11 Å². The third-order valence-electron chi connectivity index (χ3n) is 3.15. The zero-order valence-corrected chi connectivity index (χ0v) is 10.00. The first-order chi connectivity index (χ1) is 8.47. The molecule has 96 valence electrons. The first kappa shape index (κ1) is 12.3. The van der Waals surface area contributed by atoms with Crippen LogP contribution in [0.5, 0.6) is 0 Å². The first-order valence-corrected chi connectivity index (χ1v) is 5.69. The summed E-state index contributed by atoms with van der Waals surface area (Å²) in [6.45, 7) is 3.22. The van der Waals surface area contributed by atoms with Gasteiger partial charge in [-0.25, -0.2) is 0 Å². The minimum Gasteiger partial charge on any atom is -0.481 e. The topological polar surface area (TPSA) is 83.7 Å². The molecule has 1 heterocycles. The number of carboxylic acid groups (broad SMARTS) is 1. The lowest BCUT2D eigenvalue weighted by Crippen LogP contribution is -2.47. The van der Waals surface area contributed by atoms with Gasteiger partial charge in [0.1, 0.15) is 0 Å². The van der Waals surface area contributed by atoms with Crippen molar-refractivity contribution in [2.24, 2.45) is 5.92 Å². The van der Waals surface area contributed by atoms with E-state index in [2.05, 4.69) is 0 Å². The SMILES string of the molecule is Cc1cc([N+](=O)[O-])ccc1N1CC(CC(=O)O)C1. The van der Waals surface area contributed by atoms with Gasteiger partial charge in [-0.05, 0) is 18.6 Å². The van der Waals surface area contributed by atoms with Gasteiger partial charge in [0.25, 0.3) is 5.69 Å². The number of benzene rings is 1. The van der Waals surface area contributed by atoms with Crippen LogP contribution in [-0.4, -0.2) is 29.1 Å². The van der Waals surface area contributed by atoms with Crippen LogP contribution in [0, 0.1) is 23.0 Å². The monoisotopic (exact) mass is 250 g/mol. The summed E-state index contributed by atoms with van der Waals surface area (Å²) in [5.41, 5.74) is 1.87. The Labute approximate surface area is 104 Å². The summed E-state index contributed by atoms with van der Waals surface area (Å²) in [4.78, 5) is 22.8. The Morgan fingerprint density at radius 2 is 2.22 bits per heavy atom. The Morgan fingerprint density at radius 3 is 2.72 bits per heavy atom. The second kappa shape index (κ2) is 4.64. The molecule has 1 aliphatic heterocycles. The molecule has 0 aliphatic carbocycles. The Balaban J connectivity index is 2.04. The van der Waals surface area contributed by atoms with Crippen molar-refractivity contribution in [2.75, 3.05) is 18.0 Å². The number of nitro groups is 1. The van der Waals surface area contributed by atoms with Gasteiger partial charge in [-0.15, -0.1) is 0 Å². The normalized spacial score (nSPS) is 15.3. The van der Waals surface area contributed by atoms with E-state index in [0.717, 1.165) is 11.3 Å². The van der Waals surface area contributed by atoms with Crippen LogP contribution >= 0.6 is 0 Å². The van der Waals surface area contributed by atoms with E-state index in [-0.39, 0.29) is 18.0 Å². The van der Waals surface area contributed by atoms with Crippen molar-refractivity contribution in [1.82, 2.24) is 0 Å². The summed E-state index contributed by atoms with van der Waals surface area (Å²) in [6, 6.07) is 4.75. The molecule has 6 nitrogen and oxygen atoms in total.